The van der Waals surface area contributed by atoms with Gasteiger partial charge in [-0.25, -0.2) is 0 Å². The van der Waals surface area contributed by atoms with Gasteiger partial charge in [-0.1, -0.05) is 44.4 Å². The van der Waals surface area contributed by atoms with Crippen LogP contribution >= 0.6 is 0 Å². The average molecular weight is 436 g/mol. The number of hydrogen-bond acceptors (Lipinski definition) is 3. The van der Waals surface area contributed by atoms with Crippen LogP contribution in [0.1, 0.15) is 82.4 Å². The highest BCUT2D eigenvalue weighted by Gasteiger charge is 2.36. The van der Waals surface area contributed by atoms with E-state index in [2.05, 4.69) is 4.99 Å². The number of alkyl halides is 3. The molecule has 3 nitrogen and oxygen atoms in total. The fraction of sp³-hybridized carbons (Fsp3) is 0.480. The minimum atomic E-state index is -4.44. The van der Waals surface area contributed by atoms with Crippen molar-refractivity contribution in [3.8, 4) is 5.75 Å². The molecule has 1 aliphatic rings. The normalized spacial score (nSPS) is 17.3. The Hall–Kier alpha value is -2.34. The van der Waals surface area contributed by atoms with Gasteiger partial charge >= 0.3 is 6.18 Å². The fourth-order valence-electron chi connectivity index (χ4n) is 4.16. The Kier molecular flexibility index (Phi) is 6.84. The Morgan fingerprint density at radius 2 is 1.87 bits per heavy atom. The zero-order valence-electron chi connectivity index (χ0n) is 19.9. The minimum absolute atomic E-state index is 0.0643. The van der Waals surface area contributed by atoms with E-state index in [1.54, 1.807) is 31.2 Å². The van der Waals surface area contributed by atoms with Crippen LogP contribution in [0.4, 0.5) is 13.2 Å². The first-order chi connectivity index (χ1) is 15.5. The molecule has 1 aliphatic carbocycles. The topological polar surface area (TPSA) is 41.8 Å². The smallest absolute Gasteiger partial charge is 0.416 e. The molecule has 2 aromatic rings. The first kappa shape index (κ1) is 20.6. The molecule has 1 N–H and O–H groups in total. The third-order valence-corrected chi connectivity index (χ3v) is 5.93. The van der Waals surface area contributed by atoms with Gasteiger partial charge in [0.15, 0.2) is 6.73 Å². The summed E-state index contributed by atoms with van der Waals surface area (Å²) < 4.78 is 61.7. The number of ether oxygens (including phenoxy) is 1. The van der Waals surface area contributed by atoms with Gasteiger partial charge in [-0.15, -0.1) is 0 Å². The van der Waals surface area contributed by atoms with E-state index in [4.69, 9.17) is 7.48 Å². The average Bonchev–Trinajstić information content (AvgIpc) is 2.78. The molecule has 0 atom stereocenters. The monoisotopic (exact) mass is 435 g/mol. The van der Waals surface area contributed by atoms with E-state index in [0.29, 0.717) is 23.3 Å². The first-order valence-electron chi connectivity index (χ1n) is 11.7. The molecular formula is C25H30F3NO2. The molecule has 0 aliphatic heterocycles. The Labute approximate surface area is 184 Å². The molecule has 0 saturated heterocycles. The van der Waals surface area contributed by atoms with Gasteiger partial charge in [-0.2, -0.15) is 13.2 Å². The van der Waals surface area contributed by atoms with Crippen molar-refractivity contribution in [2.75, 3.05) is 6.73 Å². The summed E-state index contributed by atoms with van der Waals surface area (Å²) in [6.45, 7) is 1.03. The molecule has 6 heteroatoms. The van der Waals surface area contributed by atoms with E-state index < -0.39 is 18.3 Å². The zero-order chi connectivity index (χ0) is 24.2. The lowest BCUT2D eigenvalue weighted by molar-refractivity contribution is -0.138. The summed E-state index contributed by atoms with van der Waals surface area (Å²) >= 11 is 0. The molecule has 2 aromatic carbocycles. The van der Waals surface area contributed by atoms with E-state index in [0.717, 1.165) is 43.7 Å². The molecule has 31 heavy (non-hydrogen) atoms. The maximum absolute atomic E-state index is 13.7. The standard InChI is InChI=1S/C25H30F3NO2/c1-3-18-13-20(9-10-21(18)15-30)17(2)29-16-31-22-11-12-23(19-7-5-4-6-8-19)24(14-22)25(26,27)28/h9-14,19,30H,3-8,15-16H2,1-2H3/i15D2. The maximum atomic E-state index is 13.7. The molecule has 0 unspecified atom stereocenters. The fourth-order valence-corrected chi connectivity index (χ4v) is 4.16. The molecule has 1 fully saturated rings. The van der Waals surface area contributed by atoms with Crippen molar-refractivity contribution >= 4 is 5.71 Å². The summed E-state index contributed by atoms with van der Waals surface area (Å²) in [5, 5.41) is 9.68. The van der Waals surface area contributed by atoms with Crippen LogP contribution in [0.15, 0.2) is 41.4 Å². The van der Waals surface area contributed by atoms with Crippen molar-refractivity contribution in [1.82, 2.24) is 0 Å². The summed E-state index contributed by atoms with van der Waals surface area (Å²) in [6, 6.07) is 9.12. The Balaban J connectivity index is 1.75. The molecule has 0 heterocycles. The number of nitrogens with zero attached hydrogens (tertiary/aromatic N) is 1. The van der Waals surface area contributed by atoms with Crippen molar-refractivity contribution in [1.29, 1.82) is 0 Å². The van der Waals surface area contributed by atoms with E-state index in [-0.39, 0.29) is 24.0 Å². The van der Waals surface area contributed by atoms with E-state index in [1.807, 2.05) is 6.92 Å². The van der Waals surface area contributed by atoms with E-state index in [1.165, 1.54) is 6.07 Å². The molecular weight excluding hydrogens is 403 g/mol. The predicted molar refractivity (Wildman–Crippen MR) is 117 cm³/mol. The third kappa shape index (κ3) is 5.88. The van der Waals surface area contributed by atoms with Crippen molar-refractivity contribution in [2.24, 2.45) is 4.99 Å². The van der Waals surface area contributed by atoms with Crippen LogP contribution in [0.25, 0.3) is 0 Å². The highest BCUT2D eigenvalue weighted by molar-refractivity contribution is 5.98. The number of halogens is 3. The number of benzene rings is 2. The van der Waals surface area contributed by atoms with Crippen LogP contribution < -0.4 is 4.74 Å². The van der Waals surface area contributed by atoms with Crippen molar-refractivity contribution in [2.45, 2.75) is 71.0 Å². The number of aryl methyl sites for hydroxylation is 1. The van der Waals surface area contributed by atoms with E-state index >= 15 is 0 Å². The van der Waals surface area contributed by atoms with Gasteiger partial charge in [0.25, 0.3) is 0 Å². The van der Waals surface area contributed by atoms with Crippen LogP contribution in [0.5, 0.6) is 5.75 Å². The van der Waals surface area contributed by atoms with Gasteiger partial charge in [-0.05, 0) is 72.6 Å². The molecule has 0 spiro atoms. The number of aliphatic imine (C=N–C) groups is 1. The SMILES string of the molecule is [2H]C([2H])(O)c1ccc(C(C)=NCOc2ccc(C3CCCCC3)c(C(F)(F)F)c2)cc1CC. The van der Waals surface area contributed by atoms with Crippen LogP contribution in [0.3, 0.4) is 0 Å². The first-order valence-corrected chi connectivity index (χ1v) is 10.7. The summed E-state index contributed by atoms with van der Waals surface area (Å²) in [6.07, 6.45) is 0.635. The molecule has 0 bridgehead atoms. The lowest BCUT2D eigenvalue weighted by Gasteiger charge is -2.25. The molecule has 0 amide bonds. The highest BCUT2D eigenvalue weighted by atomic mass is 19.4. The molecule has 1 saturated carbocycles. The Morgan fingerprint density at radius 1 is 1.13 bits per heavy atom. The van der Waals surface area contributed by atoms with Crippen molar-refractivity contribution < 1.29 is 25.8 Å². The summed E-state index contributed by atoms with van der Waals surface area (Å²) in [5.74, 6) is 0.0574. The second kappa shape index (κ2) is 10.3. The largest absolute Gasteiger partial charge is 0.471 e. The van der Waals surface area contributed by atoms with Gasteiger partial charge < -0.3 is 9.84 Å². The van der Waals surface area contributed by atoms with Gasteiger partial charge in [-0.3, -0.25) is 4.99 Å². The molecule has 0 radical (unpaired) electrons. The van der Waals surface area contributed by atoms with Gasteiger partial charge in [0, 0.05) is 5.71 Å². The van der Waals surface area contributed by atoms with Crippen LogP contribution in [-0.4, -0.2) is 17.5 Å². The highest BCUT2D eigenvalue weighted by Crippen LogP contribution is 2.42. The second-order valence-electron chi connectivity index (χ2n) is 7.94. The third-order valence-electron chi connectivity index (χ3n) is 5.93. The predicted octanol–water partition coefficient (Wildman–Crippen LogP) is 6.65. The zero-order valence-corrected chi connectivity index (χ0v) is 17.9. The lowest BCUT2D eigenvalue weighted by atomic mass is 9.82. The minimum Gasteiger partial charge on any atom is -0.471 e. The van der Waals surface area contributed by atoms with Gasteiger partial charge in [0.1, 0.15) is 5.75 Å². The van der Waals surface area contributed by atoms with Crippen LogP contribution in [-0.2, 0) is 19.2 Å². The molecule has 3 rings (SSSR count). The summed E-state index contributed by atoms with van der Waals surface area (Å²) in [4.78, 5) is 4.32. The van der Waals surface area contributed by atoms with E-state index in [9.17, 15) is 18.3 Å². The molecule has 168 valence electrons. The quantitative estimate of drug-likeness (QED) is 0.495. The maximum Gasteiger partial charge on any atom is 0.416 e. The Bertz CT molecular complexity index is 994. The summed E-state index contributed by atoms with van der Waals surface area (Å²) in [7, 11) is 0. The van der Waals surface area contributed by atoms with Crippen molar-refractivity contribution in [3.05, 3.63) is 64.2 Å². The number of rotatable bonds is 7. The number of aliphatic hydroxyl groups is 1. The molecule has 0 aromatic heterocycles. The van der Waals surface area contributed by atoms with Crippen LogP contribution in [0, 0.1) is 0 Å². The number of hydrogen-bond donors (Lipinski definition) is 1. The summed E-state index contributed by atoms with van der Waals surface area (Å²) in [5.41, 5.74) is 1.91. The second-order valence-corrected chi connectivity index (χ2v) is 7.94. The van der Waals surface area contributed by atoms with Gasteiger partial charge in [0.2, 0.25) is 0 Å². The Morgan fingerprint density at radius 3 is 2.52 bits per heavy atom. The van der Waals surface area contributed by atoms with Crippen LogP contribution in [0.2, 0.25) is 0 Å². The van der Waals surface area contributed by atoms with Crippen molar-refractivity contribution in [3.63, 3.8) is 0 Å². The lowest BCUT2D eigenvalue weighted by Crippen LogP contribution is -2.14. The van der Waals surface area contributed by atoms with Gasteiger partial charge in [0.05, 0.1) is 14.9 Å².